The van der Waals surface area contributed by atoms with Gasteiger partial charge in [0.05, 0.1) is 0 Å². The van der Waals surface area contributed by atoms with Gasteiger partial charge < -0.3 is 0 Å². The van der Waals surface area contributed by atoms with Gasteiger partial charge >= 0.3 is 7.60 Å². The summed E-state index contributed by atoms with van der Waals surface area (Å²) in [5.41, 5.74) is 0. The van der Waals surface area contributed by atoms with E-state index in [0.717, 1.165) is 6.66 Å². The van der Waals surface area contributed by atoms with Crippen LogP contribution in [-0.4, -0.2) is 25.3 Å². The van der Waals surface area contributed by atoms with Gasteiger partial charge in [0.15, 0.2) is 12.2 Å². The minimum Gasteiger partial charge on any atom is -0.295 e. The van der Waals surface area contributed by atoms with Gasteiger partial charge in [-0.25, -0.2) is 8.78 Å². The van der Waals surface area contributed by atoms with Gasteiger partial charge in [-0.2, -0.15) is 0 Å². The third-order valence-corrected chi connectivity index (χ3v) is 2.57. The highest BCUT2D eigenvalue weighted by atomic mass is 31.2. The summed E-state index contributed by atoms with van der Waals surface area (Å²) in [5, 5.41) is 0. The van der Waals surface area contributed by atoms with E-state index < -0.39 is 26.2 Å². The van der Waals surface area contributed by atoms with Gasteiger partial charge in [0.25, 0.3) is 6.43 Å². The van der Waals surface area contributed by atoms with E-state index in [1.165, 1.54) is 0 Å². The van der Waals surface area contributed by atoms with Crippen LogP contribution in [0.1, 0.15) is 0 Å². The van der Waals surface area contributed by atoms with Crippen LogP contribution in [0.15, 0.2) is 0 Å². The van der Waals surface area contributed by atoms with Crippen LogP contribution in [-0.2, 0) is 13.6 Å². The lowest BCUT2D eigenvalue weighted by atomic mass is 10.2. The zero-order chi connectivity index (χ0) is 9.35. The maximum Gasteiger partial charge on any atom is 0.329 e. The Morgan fingerprint density at radius 3 is 2.50 bits per heavy atom. The Labute approximate surface area is 68.6 Å². The Hall–Kier alpha value is -0.430. The average molecular weight is 196 g/mol. The molecule has 1 fully saturated rings. The average Bonchev–Trinajstić information content (AvgIpc) is 2.25. The number of rotatable bonds is 1. The first kappa shape index (κ1) is 9.66. The fourth-order valence-electron chi connectivity index (χ4n) is 0.871. The molecule has 0 spiro atoms. The van der Waals surface area contributed by atoms with Crippen LogP contribution in [0, 0.1) is 12.3 Å². The molecule has 6 heteroatoms. The molecule has 3 atom stereocenters. The van der Waals surface area contributed by atoms with E-state index >= 15 is 0 Å². The Morgan fingerprint density at radius 1 is 1.58 bits per heavy atom. The minimum absolute atomic E-state index is 1.11. The molecule has 0 aromatic heterocycles. The van der Waals surface area contributed by atoms with Crippen molar-refractivity contribution >= 4 is 7.60 Å². The fourth-order valence-corrected chi connectivity index (χ4v) is 2.16. The monoisotopic (exact) mass is 196 g/mol. The van der Waals surface area contributed by atoms with Crippen LogP contribution in [0.3, 0.4) is 0 Å². The molecule has 12 heavy (non-hydrogen) atoms. The lowest BCUT2D eigenvalue weighted by molar-refractivity contribution is 0.00988. The molecular weight excluding hydrogens is 189 g/mol. The normalized spacial score (nSPS) is 41.6. The van der Waals surface area contributed by atoms with E-state index in [1.807, 2.05) is 5.92 Å². The largest absolute Gasteiger partial charge is 0.329 e. The van der Waals surface area contributed by atoms with Crippen LogP contribution < -0.4 is 0 Å². The topological polar surface area (TPSA) is 35.5 Å². The van der Waals surface area contributed by atoms with Gasteiger partial charge in [-0.05, 0) is 0 Å². The van der Waals surface area contributed by atoms with E-state index in [0.29, 0.717) is 0 Å². The van der Waals surface area contributed by atoms with E-state index in [9.17, 15) is 13.3 Å². The second-order valence-corrected chi connectivity index (χ2v) is 4.33. The summed E-state index contributed by atoms with van der Waals surface area (Å²) in [6.07, 6.45) is -0.674. The molecule has 1 rings (SSSR count). The van der Waals surface area contributed by atoms with Gasteiger partial charge in [-0.3, -0.25) is 13.6 Å². The molecule has 0 saturated carbocycles. The van der Waals surface area contributed by atoms with Crippen molar-refractivity contribution in [1.29, 1.82) is 0 Å². The molecule has 0 radical (unpaired) electrons. The standard InChI is InChI=1S/C6H7F2O3P/c1-3-4-5(6(7)8)11-12(2,9)10-4/h1,4-6H,2H3. The molecule has 1 heterocycles. The maximum atomic E-state index is 12.1. The molecule has 0 aromatic carbocycles. The molecule has 1 saturated heterocycles. The number of alkyl halides is 2. The summed E-state index contributed by atoms with van der Waals surface area (Å²) in [5.74, 6) is 1.95. The Balaban J connectivity index is 2.78. The zero-order valence-corrected chi connectivity index (χ0v) is 7.13. The quantitative estimate of drug-likeness (QED) is 0.470. The third-order valence-electron chi connectivity index (χ3n) is 1.33. The van der Waals surface area contributed by atoms with E-state index in [2.05, 4.69) is 9.05 Å². The first-order valence-corrected chi connectivity index (χ1v) is 5.14. The minimum atomic E-state index is -3.35. The summed E-state index contributed by atoms with van der Waals surface area (Å²) in [4.78, 5) is 0. The van der Waals surface area contributed by atoms with Crippen molar-refractivity contribution in [2.75, 3.05) is 6.66 Å². The molecule has 1 aliphatic heterocycles. The highest BCUT2D eigenvalue weighted by Crippen LogP contribution is 2.53. The predicted octanol–water partition coefficient (Wildman–Crippen LogP) is 1.49. The first-order valence-electron chi connectivity index (χ1n) is 3.15. The second kappa shape index (κ2) is 3.14. The third kappa shape index (κ3) is 1.84. The molecule has 1 aliphatic rings. The van der Waals surface area contributed by atoms with Crippen molar-refractivity contribution in [1.82, 2.24) is 0 Å². The highest BCUT2D eigenvalue weighted by molar-refractivity contribution is 7.53. The van der Waals surface area contributed by atoms with Crippen LogP contribution in [0.4, 0.5) is 8.78 Å². The van der Waals surface area contributed by atoms with Crippen LogP contribution in [0.25, 0.3) is 0 Å². The summed E-state index contributed by atoms with van der Waals surface area (Å²) in [6, 6.07) is 0. The van der Waals surface area contributed by atoms with Crippen molar-refractivity contribution in [3.63, 3.8) is 0 Å². The highest BCUT2D eigenvalue weighted by Gasteiger charge is 2.45. The van der Waals surface area contributed by atoms with Crippen LogP contribution in [0.5, 0.6) is 0 Å². The maximum absolute atomic E-state index is 12.1. The molecule has 0 N–H and O–H groups in total. The summed E-state index contributed by atoms with van der Waals surface area (Å²) in [6.45, 7) is 1.11. The van der Waals surface area contributed by atoms with E-state index in [1.54, 1.807) is 0 Å². The van der Waals surface area contributed by atoms with Gasteiger partial charge in [0.2, 0.25) is 0 Å². The molecule has 68 valence electrons. The second-order valence-electron chi connectivity index (χ2n) is 2.37. The van der Waals surface area contributed by atoms with Crippen molar-refractivity contribution < 1.29 is 22.4 Å². The smallest absolute Gasteiger partial charge is 0.295 e. The molecular formula is C6H7F2O3P. The Kier molecular flexibility index (Phi) is 2.52. The predicted molar refractivity (Wildman–Crippen MR) is 38.1 cm³/mol. The van der Waals surface area contributed by atoms with Crippen molar-refractivity contribution in [2.45, 2.75) is 18.6 Å². The Morgan fingerprint density at radius 2 is 2.17 bits per heavy atom. The molecule has 3 unspecified atom stereocenters. The van der Waals surface area contributed by atoms with Gasteiger partial charge in [-0.15, -0.1) is 6.42 Å². The van der Waals surface area contributed by atoms with E-state index in [-0.39, 0.29) is 0 Å². The Bertz CT molecular complexity index is 260. The van der Waals surface area contributed by atoms with Gasteiger partial charge in [0.1, 0.15) is 0 Å². The zero-order valence-electron chi connectivity index (χ0n) is 6.24. The van der Waals surface area contributed by atoms with Gasteiger partial charge in [0, 0.05) is 6.66 Å². The molecule has 0 amide bonds. The van der Waals surface area contributed by atoms with Crippen molar-refractivity contribution in [3.05, 3.63) is 0 Å². The lowest BCUT2D eigenvalue weighted by Crippen LogP contribution is -2.28. The number of hydrogen-bond donors (Lipinski definition) is 0. The van der Waals surface area contributed by atoms with Crippen LogP contribution >= 0.6 is 7.60 Å². The number of hydrogen-bond acceptors (Lipinski definition) is 3. The molecule has 0 aromatic rings. The summed E-state index contributed by atoms with van der Waals surface area (Å²) in [7, 11) is -3.35. The summed E-state index contributed by atoms with van der Waals surface area (Å²) >= 11 is 0. The molecule has 0 bridgehead atoms. The van der Waals surface area contributed by atoms with Crippen LogP contribution in [0.2, 0.25) is 0 Å². The number of terminal acetylenes is 1. The first-order chi connectivity index (χ1) is 5.46. The van der Waals surface area contributed by atoms with Crippen molar-refractivity contribution in [3.8, 4) is 12.3 Å². The lowest BCUT2D eigenvalue weighted by Gasteiger charge is -2.08. The fraction of sp³-hybridized carbons (Fsp3) is 0.667. The molecule has 3 nitrogen and oxygen atoms in total. The number of halogens is 2. The summed E-state index contributed by atoms with van der Waals surface area (Å²) < 4.78 is 44.3. The van der Waals surface area contributed by atoms with Crippen molar-refractivity contribution in [2.24, 2.45) is 0 Å². The van der Waals surface area contributed by atoms with Gasteiger partial charge in [-0.1, -0.05) is 5.92 Å². The SMILES string of the molecule is C#CC1OP(C)(=O)OC1C(F)F. The molecule has 0 aliphatic carbocycles. The van der Waals surface area contributed by atoms with E-state index in [4.69, 9.17) is 6.42 Å².